The number of fused-ring (bicyclic) bond motifs is 4. The van der Waals surface area contributed by atoms with Crippen LogP contribution in [0.4, 0.5) is 0 Å². The topological polar surface area (TPSA) is 120 Å². The van der Waals surface area contributed by atoms with Crippen LogP contribution in [-0.2, 0) is 13.1 Å². The molecule has 2 bridgehead atoms. The predicted octanol–water partition coefficient (Wildman–Crippen LogP) is 1.59. The van der Waals surface area contributed by atoms with Gasteiger partial charge >= 0.3 is 0 Å². The third-order valence-corrected chi connectivity index (χ3v) is 7.54. The van der Waals surface area contributed by atoms with E-state index in [1.54, 1.807) is 21.8 Å². The molecular weight excluding hydrogens is 468 g/mol. The highest BCUT2D eigenvalue weighted by molar-refractivity contribution is 5.59. The molecule has 3 aliphatic rings. The molecule has 0 radical (unpaired) electrons. The van der Waals surface area contributed by atoms with Crippen LogP contribution in [0.5, 0.6) is 0 Å². The third-order valence-electron chi connectivity index (χ3n) is 7.54. The van der Waals surface area contributed by atoms with Gasteiger partial charge in [0, 0.05) is 43.3 Å². The normalized spacial score (nSPS) is 21.1. The average Bonchev–Trinajstić information content (AvgIpc) is 3.71. The van der Waals surface area contributed by atoms with E-state index >= 15 is 0 Å². The van der Waals surface area contributed by atoms with Crippen LogP contribution >= 0.6 is 0 Å². The molecule has 0 aliphatic carbocycles. The van der Waals surface area contributed by atoms with Crippen molar-refractivity contribution in [1.29, 1.82) is 0 Å². The van der Waals surface area contributed by atoms with Crippen molar-refractivity contribution >= 4 is 5.65 Å². The molecule has 1 N–H and O–H groups in total. The van der Waals surface area contributed by atoms with Gasteiger partial charge in [-0.2, -0.15) is 4.68 Å². The van der Waals surface area contributed by atoms with Gasteiger partial charge in [-0.15, -0.1) is 10.2 Å². The second kappa shape index (κ2) is 9.45. The van der Waals surface area contributed by atoms with Crippen LogP contribution < -0.4 is 5.32 Å². The van der Waals surface area contributed by atoms with Crippen molar-refractivity contribution in [2.75, 3.05) is 19.6 Å². The highest BCUT2D eigenvalue weighted by Crippen LogP contribution is 2.31. The Balaban J connectivity index is 1.00. The Morgan fingerprint density at radius 1 is 1.03 bits per heavy atom. The average molecular weight is 497 g/mol. The molecule has 5 aromatic heterocycles. The summed E-state index contributed by atoms with van der Waals surface area (Å²) in [5.41, 5.74) is 5.42. The summed E-state index contributed by atoms with van der Waals surface area (Å²) in [4.78, 5) is 11.7. The first kappa shape index (κ1) is 22.2. The van der Waals surface area contributed by atoms with Crippen molar-refractivity contribution < 1.29 is 0 Å². The molecule has 12 heteroatoms. The van der Waals surface area contributed by atoms with E-state index < -0.39 is 0 Å². The van der Waals surface area contributed by atoms with Gasteiger partial charge in [-0.25, -0.2) is 9.67 Å². The van der Waals surface area contributed by atoms with Crippen molar-refractivity contribution in [2.45, 2.75) is 38.4 Å². The van der Waals surface area contributed by atoms with Gasteiger partial charge in [-0.1, -0.05) is 11.3 Å². The van der Waals surface area contributed by atoms with Crippen LogP contribution in [-0.4, -0.2) is 80.1 Å². The summed E-state index contributed by atoms with van der Waals surface area (Å²) in [6.07, 6.45) is 15.2. The van der Waals surface area contributed by atoms with Gasteiger partial charge in [-0.05, 0) is 66.4 Å². The van der Waals surface area contributed by atoms with Crippen LogP contribution in [0.3, 0.4) is 0 Å². The number of imidazole rings is 1. The smallest absolute Gasteiger partial charge is 0.143 e. The molecule has 1 unspecified atom stereocenters. The SMILES string of the molecule is c1cc2nc(Cn3cc(-c4cncc(-n5cnnn5)c4)nn3)cn2cc1CNCC1CC2CCN1CC2. The summed E-state index contributed by atoms with van der Waals surface area (Å²) in [5.74, 6) is 0.942. The van der Waals surface area contributed by atoms with E-state index in [2.05, 4.69) is 70.0 Å². The molecule has 3 fully saturated rings. The molecule has 8 rings (SSSR count). The molecule has 0 amide bonds. The maximum absolute atomic E-state index is 4.77. The molecule has 188 valence electrons. The molecule has 0 spiro atoms. The summed E-state index contributed by atoms with van der Waals surface area (Å²) in [6.45, 7) is 5.01. The van der Waals surface area contributed by atoms with Gasteiger partial charge in [0.2, 0.25) is 0 Å². The second-order valence-electron chi connectivity index (χ2n) is 10.0. The Morgan fingerprint density at radius 3 is 2.81 bits per heavy atom. The van der Waals surface area contributed by atoms with E-state index in [1.807, 2.05) is 12.3 Å². The zero-order valence-electron chi connectivity index (χ0n) is 20.4. The molecule has 3 saturated heterocycles. The Kier molecular flexibility index (Phi) is 5.67. The van der Waals surface area contributed by atoms with Gasteiger partial charge in [0.15, 0.2) is 0 Å². The van der Waals surface area contributed by atoms with E-state index in [-0.39, 0.29) is 0 Å². The maximum Gasteiger partial charge on any atom is 0.143 e. The number of piperidine rings is 3. The number of pyridine rings is 2. The zero-order chi connectivity index (χ0) is 24.6. The molecule has 5 aromatic rings. The lowest BCUT2D eigenvalue weighted by Gasteiger charge is -2.45. The summed E-state index contributed by atoms with van der Waals surface area (Å²) in [6, 6.07) is 6.86. The monoisotopic (exact) mass is 496 g/mol. The van der Waals surface area contributed by atoms with Gasteiger partial charge in [0.1, 0.15) is 17.7 Å². The van der Waals surface area contributed by atoms with Crippen LogP contribution in [0, 0.1) is 5.92 Å². The lowest BCUT2D eigenvalue weighted by Crippen LogP contribution is -2.52. The minimum Gasteiger partial charge on any atom is -0.311 e. The molecule has 0 aromatic carbocycles. The van der Waals surface area contributed by atoms with Gasteiger partial charge < -0.3 is 9.72 Å². The number of aromatic nitrogens is 10. The minimum absolute atomic E-state index is 0.529. The second-order valence-corrected chi connectivity index (χ2v) is 10.0. The lowest BCUT2D eigenvalue weighted by atomic mass is 9.83. The number of nitrogens with zero attached hydrogens (tertiary/aromatic N) is 11. The van der Waals surface area contributed by atoms with E-state index in [4.69, 9.17) is 4.98 Å². The van der Waals surface area contributed by atoms with Crippen LogP contribution in [0.25, 0.3) is 22.6 Å². The fraction of sp³-hybridized carbons (Fsp3) is 0.400. The number of tetrazole rings is 1. The Morgan fingerprint density at radius 2 is 1.97 bits per heavy atom. The lowest BCUT2D eigenvalue weighted by molar-refractivity contribution is 0.0495. The fourth-order valence-corrected chi connectivity index (χ4v) is 5.60. The van der Waals surface area contributed by atoms with Gasteiger partial charge in [0.05, 0.1) is 30.3 Å². The number of nitrogens with one attached hydrogen (secondary N) is 1. The predicted molar refractivity (Wildman–Crippen MR) is 135 cm³/mol. The number of hydrogen-bond donors (Lipinski definition) is 1. The van der Waals surface area contributed by atoms with E-state index in [0.717, 1.165) is 47.3 Å². The zero-order valence-corrected chi connectivity index (χ0v) is 20.4. The Bertz CT molecular complexity index is 1500. The van der Waals surface area contributed by atoms with Gasteiger partial charge in [-0.3, -0.25) is 9.88 Å². The number of rotatable bonds is 8. The molecule has 12 nitrogen and oxygen atoms in total. The van der Waals surface area contributed by atoms with Crippen LogP contribution in [0.15, 0.2) is 55.5 Å². The molecule has 8 heterocycles. The summed E-state index contributed by atoms with van der Waals surface area (Å²) < 4.78 is 5.44. The van der Waals surface area contributed by atoms with Crippen LogP contribution in [0.1, 0.15) is 30.5 Å². The van der Waals surface area contributed by atoms with Gasteiger partial charge in [0.25, 0.3) is 0 Å². The van der Waals surface area contributed by atoms with E-state index in [0.29, 0.717) is 12.6 Å². The highest BCUT2D eigenvalue weighted by Gasteiger charge is 2.32. The molecular formula is C25H28N12. The first-order chi connectivity index (χ1) is 18.3. The van der Waals surface area contributed by atoms with E-state index in [1.165, 1.54) is 44.2 Å². The Labute approximate surface area is 213 Å². The van der Waals surface area contributed by atoms with Crippen molar-refractivity contribution in [3.63, 3.8) is 0 Å². The maximum atomic E-state index is 4.77. The molecule has 3 aliphatic heterocycles. The standard InChI is InChI=1S/C25H28N12/c1-2-25-29-21(14-35(25)13-19(1)9-26-11-22-7-18-3-5-34(22)6-4-18)15-36-16-24(30-32-36)20-8-23(12-27-10-20)37-17-28-31-33-37/h1-2,8,10,12-14,16-18,22,26H,3-7,9,11,15H2. The quantitative estimate of drug-likeness (QED) is 0.341. The molecule has 37 heavy (non-hydrogen) atoms. The minimum atomic E-state index is 0.529. The third kappa shape index (κ3) is 4.60. The summed E-state index contributed by atoms with van der Waals surface area (Å²) in [5, 5.41) is 23.6. The summed E-state index contributed by atoms with van der Waals surface area (Å²) in [7, 11) is 0. The summed E-state index contributed by atoms with van der Waals surface area (Å²) >= 11 is 0. The van der Waals surface area contributed by atoms with Crippen LogP contribution in [0.2, 0.25) is 0 Å². The van der Waals surface area contributed by atoms with E-state index in [9.17, 15) is 0 Å². The van der Waals surface area contributed by atoms with Crippen molar-refractivity contribution in [3.8, 4) is 16.9 Å². The first-order valence-electron chi connectivity index (χ1n) is 12.8. The van der Waals surface area contributed by atoms with Crippen molar-refractivity contribution in [1.82, 2.24) is 59.8 Å². The highest BCUT2D eigenvalue weighted by atomic mass is 15.5. The van der Waals surface area contributed by atoms with Crippen molar-refractivity contribution in [3.05, 3.63) is 66.8 Å². The molecule has 1 atom stereocenters. The molecule has 0 saturated carbocycles. The number of hydrogen-bond acceptors (Lipinski definition) is 9. The Hall–Kier alpha value is -4.03. The van der Waals surface area contributed by atoms with Crippen molar-refractivity contribution in [2.24, 2.45) is 5.92 Å². The first-order valence-corrected chi connectivity index (χ1v) is 12.8. The largest absolute Gasteiger partial charge is 0.311 e. The fourth-order valence-electron chi connectivity index (χ4n) is 5.60.